The third kappa shape index (κ3) is 7.45. The maximum Gasteiger partial charge on any atom is 0.240 e. The first-order valence-corrected chi connectivity index (χ1v) is 18.6. The molecule has 6 aromatic carbocycles. The second-order valence-corrected chi connectivity index (χ2v) is 14.3. The summed E-state index contributed by atoms with van der Waals surface area (Å²) in [6.07, 6.45) is 3.75. The minimum atomic E-state index is 0. The van der Waals surface area contributed by atoms with E-state index in [9.17, 15) is 0 Å². The van der Waals surface area contributed by atoms with E-state index in [2.05, 4.69) is 147 Å². The summed E-state index contributed by atoms with van der Waals surface area (Å²) >= 11 is 0. The third-order valence-corrected chi connectivity index (χ3v) is 10.7. The first kappa shape index (κ1) is 37.8. The molecule has 3 heterocycles. The molecule has 6 heteroatoms. The van der Waals surface area contributed by atoms with E-state index in [1.807, 2.05) is 72.5 Å². The van der Waals surface area contributed by atoms with Crippen LogP contribution in [-0.2, 0) is 20.1 Å². The van der Waals surface area contributed by atoms with Crippen molar-refractivity contribution >= 4 is 46.2 Å². The van der Waals surface area contributed by atoms with Crippen molar-refractivity contribution in [2.24, 2.45) is 0 Å². The molecule has 0 N–H and O–H groups in total. The number of hydrogen-bond donors (Lipinski definition) is 0. The summed E-state index contributed by atoms with van der Waals surface area (Å²) in [6, 6.07) is 58.1. The Hall–Kier alpha value is -5.54. The molecule has 0 unspecified atom stereocenters. The molecule has 2 aromatic heterocycles. The van der Waals surface area contributed by atoms with E-state index in [4.69, 9.17) is 0 Å². The van der Waals surface area contributed by atoms with E-state index in [0.717, 1.165) is 28.2 Å². The quantitative estimate of drug-likeness (QED) is 0.141. The zero-order chi connectivity index (χ0) is 37.2. The summed E-state index contributed by atoms with van der Waals surface area (Å²) in [7, 11) is 0. The number of pyridine rings is 1. The van der Waals surface area contributed by atoms with Crippen LogP contribution in [0.5, 0.6) is 0 Å². The minimum absolute atomic E-state index is 0. The van der Waals surface area contributed by atoms with E-state index in [1.54, 1.807) is 0 Å². The largest absolute Gasteiger partial charge is 0.304 e. The summed E-state index contributed by atoms with van der Waals surface area (Å²) in [4.78, 5) is 4.32. The van der Waals surface area contributed by atoms with Crippen LogP contribution >= 0.6 is 0 Å². The van der Waals surface area contributed by atoms with Crippen LogP contribution in [0.25, 0.3) is 28.2 Å². The van der Waals surface area contributed by atoms with Gasteiger partial charge in [0.25, 0.3) is 0 Å². The van der Waals surface area contributed by atoms with Gasteiger partial charge in [-0.1, -0.05) is 146 Å². The fraction of sp³-hybridized carbons (Fsp3) is 0.102. The summed E-state index contributed by atoms with van der Waals surface area (Å²) in [5.74, 6) is 0. The van der Waals surface area contributed by atoms with Crippen LogP contribution in [0.2, 0.25) is 0 Å². The maximum absolute atomic E-state index is 4.69. The van der Waals surface area contributed by atoms with E-state index >= 15 is 0 Å². The second-order valence-electron chi connectivity index (χ2n) is 14.3. The first-order chi connectivity index (χ1) is 26.4. The second kappa shape index (κ2) is 16.4. The smallest absolute Gasteiger partial charge is 0.240 e. The Morgan fingerprint density at radius 3 is 1.67 bits per heavy atom. The van der Waals surface area contributed by atoms with Crippen LogP contribution < -0.4 is 32.8 Å². The molecule has 0 fully saturated rings. The number of fused-ring (bicyclic) bond motifs is 2. The third-order valence-electron chi connectivity index (χ3n) is 10.7. The molecule has 0 saturated carbocycles. The first-order valence-electron chi connectivity index (χ1n) is 18.6. The van der Waals surface area contributed by atoms with Gasteiger partial charge in [-0.3, -0.25) is 4.68 Å². The fourth-order valence-corrected chi connectivity index (χ4v) is 8.22. The fourth-order valence-electron chi connectivity index (χ4n) is 8.22. The van der Waals surface area contributed by atoms with Gasteiger partial charge in [-0.15, -0.1) is 42.0 Å². The number of rotatable bonds is 5. The normalized spacial score (nSPS) is 11.5. The Labute approximate surface area is 340 Å². The molecule has 1 aliphatic heterocycles. The zero-order valence-electron chi connectivity index (χ0n) is 31.8. The SMILES string of the molecule is Cc1ccc(-c2[c-]cccc2)nc1.Cc1cccc(C)c1B1c2ccccc2B(c2c(C)cccc2C)c2cc(-c3ccnn3-c3[c-]cccc3)ccc21.[Ir]. The van der Waals surface area contributed by atoms with Crippen LogP contribution in [0.15, 0.2) is 158 Å². The van der Waals surface area contributed by atoms with Gasteiger partial charge < -0.3 is 4.98 Å². The predicted octanol–water partition coefficient (Wildman–Crippen LogP) is 6.77. The van der Waals surface area contributed by atoms with Gasteiger partial charge in [0.05, 0.1) is 5.69 Å². The van der Waals surface area contributed by atoms with E-state index < -0.39 is 0 Å². The molecule has 9 rings (SSSR count). The van der Waals surface area contributed by atoms with Gasteiger partial charge in [-0.05, 0) is 63.2 Å². The Morgan fingerprint density at radius 2 is 1.11 bits per heavy atom. The Kier molecular flexibility index (Phi) is 11.3. The number of nitrogens with zero attached hydrogens (tertiary/aromatic N) is 3. The standard InChI is InChI=1S/C37H31B2N2.C12H10N.Ir/c1-25-12-10-13-26(2)36(25)38-31-18-8-9-19-32(31)39(37-27(3)14-11-15-28(37)4)34-24-29(20-21-33(34)38)35-22-23-40-41(35)30-16-6-5-7-17-30;1-10-7-8-12(13-9-10)11-5-3-2-4-6-11;/h5-16,18-24H,1-4H3;2-5,7-9H,1H3;/q2*-1;. The van der Waals surface area contributed by atoms with Gasteiger partial charge >= 0.3 is 0 Å². The zero-order valence-corrected chi connectivity index (χ0v) is 34.2. The van der Waals surface area contributed by atoms with Crippen molar-refractivity contribution in [3.63, 3.8) is 0 Å². The van der Waals surface area contributed by atoms with Crippen molar-refractivity contribution in [3.8, 4) is 28.2 Å². The van der Waals surface area contributed by atoms with Crippen LogP contribution in [0, 0.1) is 46.8 Å². The molecule has 1 radical (unpaired) electrons. The van der Waals surface area contributed by atoms with Crippen LogP contribution in [-0.4, -0.2) is 28.2 Å². The Morgan fingerprint density at radius 1 is 0.527 bits per heavy atom. The topological polar surface area (TPSA) is 30.7 Å². The van der Waals surface area contributed by atoms with E-state index in [-0.39, 0.29) is 33.5 Å². The van der Waals surface area contributed by atoms with Gasteiger partial charge in [-0.2, -0.15) is 29.4 Å². The molecule has 55 heavy (non-hydrogen) atoms. The molecule has 1 aliphatic rings. The van der Waals surface area contributed by atoms with Crippen molar-refractivity contribution in [2.45, 2.75) is 34.6 Å². The Bertz CT molecular complexity index is 2530. The van der Waals surface area contributed by atoms with E-state index in [1.165, 1.54) is 60.6 Å². The number of hydrogen-bond acceptors (Lipinski definition) is 2. The predicted molar refractivity (Wildman–Crippen MR) is 229 cm³/mol. The number of benzene rings is 6. The summed E-state index contributed by atoms with van der Waals surface area (Å²) in [5, 5.41) is 4.69. The average Bonchev–Trinajstić information content (AvgIpc) is 3.70. The summed E-state index contributed by atoms with van der Waals surface area (Å²) in [5.41, 5.74) is 20.1. The molecule has 0 amide bonds. The Balaban J connectivity index is 0.000000281. The molecule has 0 saturated heterocycles. The average molecular weight is 886 g/mol. The van der Waals surface area contributed by atoms with Crippen LogP contribution in [0.1, 0.15) is 27.8 Å². The molecule has 0 atom stereocenters. The van der Waals surface area contributed by atoms with Crippen molar-refractivity contribution in [3.05, 3.63) is 198 Å². The number of para-hydroxylation sites is 1. The molecule has 269 valence electrons. The number of aromatic nitrogens is 3. The summed E-state index contributed by atoms with van der Waals surface area (Å²) in [6.45, 7) is 11.4. The van der Waals surface area contributed by atoms with Gasteiger partial charge in [-0.25, -0.2) is 0 Å². The van der Waals surface area contributed by atoms with Gasteiger partial charge in [0.15, 0.2) is 0 Å². The van der Waals surface area contributed by atoms with Crippen molar-refractivity contribution in [1.29, 1.82) is 0 Å². The van der Waals surface area contributed by atoms with Crippen LogP contribution in [0.3, 0.4) is 0 Å². The van der Waals surface area contributed by atoms with Gasteiger partial charge in [0.1, 0.15) is 0 Å². The van der Waals surface area contributed by atoms with Crippen molar-refractivity contribution < 1.29 is 20.1 Å². The molecule has 0 spiro atoms. The maximum atomic E-state index is 4.69. The van der Waals surface area contributed by atoms with Crippen LogP contribution in [0.4, 0.5) is 0 Å². The minimum Gasteiger partial charge on any atom is -0.304 e. The monoisotopic (exact) mass is 886 g/mol. The number of aryl methyl sites for hydroxylation is 5. The summed E-state index contributed by atoms with van der Waals surface area (Å²) < 4.78 is 2.00. The van der Waals surface area contributed by atoms with E-state index in [0.29, 0.717) is 0 Å². The molecule has 0 bridgehead atoms. The molecular weight excluding hydrogens is 844 g/mol. The molecule has 8 aromatic rings. The molecular formula is C49H41B2IrN3-2. The molecule has 0 aliphatic carbocycles. The van der Waals surface area contributed by atoms with Gasteiger partial charge in [0, 0.05) is 32.5 Å². The van der Waals surface area contributed by atoms with Gasteiger partial charge in [0.2, 0.25) is 13.4 Å². The molecule has 3 nitrogen and oxygen atoms in total. The van der Waals surface area contributed by atoms with Crippen molar-refractivity contribution in [1.82, 2.24) is 14.8 Å². The van der Waals surface area contributed by atoms with Crippen molar-refractivity contribution in [2.75, 3.05) is 0 Å².